The number of aromatic nitrogens is 1. The predicted molar refractivity (Wildman–Crippen MR) is 72.5 cm³/mol. The van der Waals surface area contributed by atoms with E-state index in [0.717, 1.165) is 12.1 Å². The van der Waals surface area contributed by atoms with Gasteiger partial charge in [0.25, 0.3) is 0 Å². The van der Waals surface area contributed by atoms with Crippen LogP contribution < -0.4 is 10.5 Å². The molecule has 0 spiro atoms. The van der Waals surface area contributed by atoms with Gasteiger partial charge in [-0.05, 0) is 18.9 Å². The number of sulfonamides is 1. The van der Waals surface area contributed by atoms with Crippen LogP contribution in [0.4, 0.5) is 0 Å². The number of nitrogens with two attached hydrogens (primary N) is 1. The lowest BCUT2D eigenvalue weighted by atomic mass is 10.0. The molecule has 2 atom stereocenters. The zero-order valence-corrected chi connectivity index (χ0v) is 12.3. The molecule has 0 bridgehead atoms. The molecule has 6 heteroatoms. The van der Waals surface area contributed by atoms with E-state index in [4.69, 9.17) is 5.73 Å². The van der Waals surface area contributed by atoms with Crippen molar-refractivity contribution >= 4 is 10.0 Å². The Labute approximate surface area is 109 Å². The highest BCUT2D eigenvalue weighted by molar-refractivity contribution is 7.89. The van der Waals surface area contributed by atoms with Crippen LogP contribution in [0.25, 0.3) is 0 Å². The van der Waals surface area contributed by atoms with Crippen molar-refractivity contribution in [3.8, 4) is 0 Å². The van der Waals surface area contributed by atoms with Gasteiger partial charge in [-0.3, -0.25) is 0 Å². The lowest BCUT2D eigenvalue weighted by Gasteiger charge is -2.19. The van der Waals surface area contributed by atoms with Crippen molar-refractivity contribution in [2.24, 2.45) is 18.7 Å². The second-order valence-electron chi connectivity index (χ2n) is 4.78. The molecule has 0 aromatic carbocycles. The Morgan fingerprint density at radius 1 is 1.44 bits per heavy atom. The molecule has 1 aromatic rings. The van der Waals surface area contributed by atoms with Crippen LogP contribution in [0.15, 0.2) is 17.2 Å². The highest BCUT2D eigenvalue weighted by Crippen LogP contribution is 2.15. The Hall–Kier alpha value is -0.850. The summed E-state index contributed by atoms with van der Waals surface area (Å²) in [4.78, 5) is 0.278. The van der Waals surface area contributed by atoms with E-state index >= 15 is 0 Å². The number of nitrogens with zero attached hydrogens (tertiary/aromatic N) is 1. The number of nitrogens with one attached hydrogen (secondary N) is 1. The first-order valence-corrected chi connectivity index (χ1v) is 7.67. The van der Waals surface area contributed by atoms with Crippen molar-refractivity contribution < 1.29 is 8.42 Å². The standard InChI is InChI=1S/C12H23N3O2S/c1-5-9(2)10(3)14-18(16,17)12-6-11(7-13)15(4)8-12/h6,8-10,14H,5,7,13H2,1-4H3. The maximum absolute atomic E-state index is 12.2. The van der Waals surface area contributed by atoms with Crippen molar-refractivity contribution in [1.82, 2.24) is 9.29 Å². The maximum atomic E-state index is 12.2. The van der Waals surface area contributed by atoms with Gasteiger partial charge >= 0.3 is 0 Å². The molecule has 0 aliphatic rings. The first-order valence-electron chi connectivity index (χ1n) is 6.19. The molecule has 1 rings (SSSR count). The van der Waals surface area contributed by atoms with Gasteiger partial charge in [-0.15, -0.1) is 0 Å². The second kappa shape index (κ2) is 5.86. The van der Waals surface area contributed by atoms with Crippen LogP contribution in [0.5, 0.6) is 0 Å². The monoisotopic (exact) mass is 273 g/mol. The highest BCUT2D eigenvalue weighted by atomic mass is 32.2. The zero-order chi connectivity index (χ0) is 13.9. The molecule has 0 saturated heterocycles. The van der Waals surface area contributed by atoms with Crippen molar-refractivity contribution in [3.05, 3.63) is 18.0 Å². The molecule has 0 radical (unpaired) electrons. The maximum Gasteiger partial charge on any atom is 0.242 e. The van der Waals surface area contributed by atoms with Crippen LogP contribution in [-0.4, -0.2) is 19.0 Å². The van der Waals surface area contributed by atoms with Crippen molar-refractivity contribution in [2.75, 3.05) is 0 Å². The molecule has 5 nitrogen and oxygen atoms in total. The van der Waals surface area contributed by atoms with E-state index in [9.17, 15) is 8.42 Å². The van der Waals surface area contributed by atoms with Gasteiger partial charge in [-0.1, -0.05) is 20.3 Å². The summed E-state index contributed by atoms with van der Waals surface area (Å²) < 4.78 is 28.8. The summed E-state index contributed by atoms with van der Waals surface area (Å²) in [6, 6.07) is 1.53. The van der Waals surface area contributed by atoms with E-state index < -0.39 is 10.0 Å². The molecule has 0 amide bonds. The Morgan fingerprint density at radius 3 is 2.50 bits per heavy atom. The van der Waals surface area contributed by atoms with E-state index in [1.165, 1.54) is 0 Å². The molecule has 0 fully saturated rings. The molecule has 0 saturated carbocycles. The quantitative estimate of drug-likeness (QED) is 0.817. The third kappa shape index (κ3) is 3.34. The zero-order valence-electron chi connectivity index (χ0n) is 11.5. The predicted octanol–water partition coefficient (Wildman–Crippen LogP) is 1.20. The fourth-order valence-electron chi connectivity index (χ4n) is 1.71. The largest absolute Gasteiger partial charge is 0.352 e. The van der Waals surface area contributed by atoms with Crippen LogP contribution in [0.2, 0.25) is 0 Å². The summed E-state index contributed by atoms with van der Waals surface area (Å²) in [6.07, 6.45) is 2.53. The molecule has 104 valence electrons. The van der Waals surface area contributed by atoms with Gasteiger partial charge < -0.3 is 10.3 Å². The molecular formula is C12H23N3O2S. The summed E-state index contributed by atoms with van der Waals surface area (Å²) in [5, 5.41) is 0. The van der Waals surface area contributed by atoms with Gasteiger partial charge in [-0.2, -0.15) is 0 Å². The second-order valence-corrected chi connectivity index (χ2v) is 6.49. The number of hydrogen-bond donors (Lipinski definition) is 2. The van der Waals surface area contributed by atoms with Crippen molar-refractivity contribution in [1.29, 1.82) is 0 Å². The lowest BCUT2D eigenvalue weighted by Crippen LogP contribution is -2.36. The molecule has 18 heavy (non-hydrogen) atoms. The normalized spacial score (nSPS) is 15.6. The Bertz CT molecular complexity index is 493. The van der Waals surface area contributed by atoms with Crippen molar-refractivity contribution in [2.45, 2.75) is 44.7 Å². The molecule has 3 N–H and O–H groups in total. The van der Waals surface area contributed by atoms with Crippen LogP contribution in [-0.2, 0) is 23.6 Å². The Morgan fingerprint density at radius 2 is 2.06 bits per heavy atom. The fraction of sp³-hybridized carbons (Fsp3) is 0.667. The van der Waals surface area contributed by atoms with Gasteiger partial charge in [0.2, 0.25) is 10.0 Å². The van der Waals surface area contributed by atoms with Crippen molar-refractivity contribution in [3.63, 3.8) is 0 Å². The van der Waals surface area contributed by atoms with Gasteiger partial charge in [0, 0.05) is 31.5 Å². The minimum atomic E-state index is -3.45. The lowest BCUT2D eigenvalue weighted by molar-refractivity contribution is 0.434. The summed E-state index contributed by atoms with van der Waals surface area (Å²) in [6.45, 7) is 6.29. The van der Waals surface area contributed by atoms with E-state index in [1.54, 1.807) is 23.9 Å². The minimum absolute atomic E-state index is 0.0819. The van der Waals surface area contributed by atoms with Gasteiger partial charge in [0.1, 0.15) is 0 Å². The van der Waals surface area contributed by atoms with E-state index in [1.807, 2.05) is 20.8 Å². The van der Waals surface area contributed by atoms with E-state index in [0.29, 0.717) is 12.5 Å². The van der Waals surface area contributed by atoms with Gasteiger partial charge in [0.05, 0.1) is 4.90 Å². The van der Waals surface area contributed by atoms with E-state index in [2.05, 4.69) is 4.72 Å². The van der Waals surface area contributed by atoms with Crippen LogP contribution in [0.1, 0.15) is 32.9 Å². The molecule has 0 aliphatic carbocycles. The minimum Gasteiger partial charge on any atom is -0.352 e. The summed E-state index contributed by atoms with van der Waals surface area (Å²) >= 11 is 0. The van der Waals surface area contributed by atoms with Crippen LogP contribution in [0, 0.1) is 5.92 Å². The molecule has 2 unspecified atom stereocenters. The number of rotatable bonds is 6. The summed E-state index contributed by atoms with van der Waals surface area (Å²) in [5.74, 6) is 0.303. The molecule has 0 aliphatic heterocycles. The SMILES string of the molecule is CCC(C)C(C)NS(=O)(=O)c1cc(CN)n(C)c1. The van der Waals surface area contributed by atoms with E-state index in [-0.39, 0.29) is 10.9 Å². The number of aryl methyl sites for hydroxylation is 1. The third-order valence-corrected chi connectivity index (χ3v) is 4.97. The third-order valence-electron chi connectivity index (χ3n) is 3.44. The summed E-state index contributed by atoms with van der Waals surface area (Å²) in [7, 11) is -1.66. The molecule has 1 heterocycles. The fourth-order valence-corrected chi connectivity index (χ4v) is 3.16. The summed E-state index contributed by atoms with van der Waals surface area (Å²) in [5.41, 5.74) is 6.34. The Balaban J connectivity index is 2.92. The first kappa shape index (κ1) is 15.2. The average Bonchev–Trinajstić information content (AvgIpc) is 2.69. The van der Waals surface area contributed by atoms with Gasteiger partial charge in [0.15, 0.2) is 0 Å². The van der Waals surface area contributed by atoms with Gasteiger partial charge in [-0.25, -0.2) is 13.1 Å². The highest BCUT2D eigenvalue weighted by Gasteiger charge is 2.22. The molecular weight excluding hydrogens is 250 g/mol. The number of hydrogen-bond acceptors (Lipinski definition) is 3. The van der Waals surface area contributed by atoms with Crippen LogP contribution >= 0.6 is 0 Å². The average molecular weight is 273 g/mol. The Kier molecular flexibility index (Phi) is 4.95. The smallest absolute Gasteiger partial charge is 0.242 e. The molecule has 1 aromatic heterocycles. The topological polar surface area (TPSA) is 77.1 Å². The first-order chi connectivity index (χ1) is 8.31. The van der Waals surface area contributed by atoms with Crippen LogP contribution in [0.3, 0.4) is 0 Å².